The molecular weight excluding hydrogens is 398 g/mol. The van der Waals surface area contributed by atoms with E-state index in [0.29, 0.717) is 42.5 Å². The van der Waals surface area contributed by atoms with Gasteiger partial charge in [0.15, 0.2) is 0 Å². The molecule has 0 aliphatic heterocycles. The molecule has 0 radical (unpaired) electrons. The highest BCUT2D eigenvalue weighted by molar-refractivity contribution is 7.07. The Bertz CT molecular complexity index is 837. The van der Waals surface area contributed by atoms with Crippen molar-refractivity contribution in [1.82, 2.24) is 15.2 Å². The van der Waals surface area contributed by atoms with E-state index in [2.05, 4.69) is 38.0 Å². The smallest absolute Gasteiger partial charge is 0.251 e. The van der Waals surface area contributed by atoms with Crippen LogP contribution in [0.25, 0.3) is 6.08 Å². The van der Waals surface area contributed by atoms with Crippen LogP contribution in [-0.2, 0) is 11.2 Å². The molecule has 1 aromatic carbocycles. The molecule has 1 atom stereocenters. The van der Waals surface area contributed by atoms with Crippen LogP contribution < -0.4 is 5.32 Å². The second-order valence-electron chi connectivity index (χ2n) is 8.18. The van der Waals surface area contributed by atoms with Crippen molar-refractivity contribution >= 4 is 29.2 Å². The van der Waals surface area contributed by atoms with Gasteiger partial charge >= 0.3 is 0 Å². The average molecular weight is 430 g/mol. The lowest BCUT2D eigenvalue weighted by Crippen LogP contribution is -2.51. The van der Waals surface area contributed by atoms with Gasteiger partial charge in [0.25, 0.3) is 5.91 Å². The predicted molar refractivity (Wildman–Crippen MR) is 121 cm³/mol. The van der Waals surface area contributed by atoms with Crippen molar-refractivity contribution in [3.05, 3.63) is 58.2 Å². The Morgan fingerprint density at radius 3 is 2.47 bits per heavy atom. The lowest BCUT2D eigenvalue weighted by atomic mass is 10.1. The number of aliphatic hydroxyl groups is 1. The van der Waals surface area contributed by atoms with Crippen molar-refractivity contribution in [1.29, 1.82) is 0 Å². The third-order valence-corrected chi connectivity index (χ3v) is 5.03. The maximum atomic E-state index is 13.4. The molecule has 2 rings (SSSR count). The normalized spacial score (nSPS) is 12.5. The van der Waals surface area contributed by atoms with Gasteiger partial charge in [-0.05, 0) is 35.6 Å². The van der Waals surface area contributed by atoms with E-state index in [1.165, 1.54) is 17.4 Å². The number of hydrogen-bond donors (Lipinski definition) is 2. The highest BCUT2D eigenvalue weighted by Gasteiger charge is 2.28. The Morgan fingerprint density at radius 2 is 1.90 bits per heavy atom. The first-order valence-electron chi connectivity index (χ1n) is 10.2. The Hall–Kier alpha value is -2.67. The minimum absolute atomic E-state index is 0.0924. The van der Waals surface area contributed by atoms with Crippen molar-refractivity contribution in [2.45, 2.75) is 40.2 Å². The number of nitrogens with one attached hydrogen (secondary N) is 1. The summed E-state index contributed by atoms with van der Waals surface area (Å²) in [6.45, 7) is 9.58. The summed E-state index contributed by atoms with van der Waals surface area (Å²) in [5.41, 5.74) is 3.64. The number of carbonyl (C=O) groups is 2. The van der Waals surface area contributed by atoms with Gasteiger partial charge in [0.05, 0.1) is 17.5 Å². The number of amides is 2. The van der Waals surface area contributed by atoms with E-state index in [1.54, 1.807) is 29.8 Å². The minimum Gasteiger partial charge on any atom is -0.516 e. The number of nitrogens with zero attached hydrogens (tertiary/aromatic N) is 2. The third-order valence-electron chi connectivity index (χ3n) is 4.40. The number of thiazole rings is 1. The van der Waals surface area contributed by atoms with Gasteiger partial charge < -0.3 is 15.3 Å². The minimum atomic E-state index is -0.700. The lowest BCUT2D eigenvalue weighted by molar-refractivity contribution is -0.134. The zero-order valence-electron chi connectivity index (χ0n) is 18.0. The molecule has 162 valence electrons. The molecule has 2 aromatic rings. The standard InChI is InChI=1S/C23H31N3O3S/c1-16(2)12-26(13-17(3)4)23(29)21(11-20-14-30-15-24-20)25-22(28)19-7-5-6-18(10-19)8-9-27/h5-10,14-17,21,27H,11-13H2,1-4H3,(H,25,28)/b9-8-/t21-/m0/s1. The van der Waals surface area contributed by atoms with Gasteiger partial charge in [0.1, 0.15) is 6.04 Å². The van der Waals surface area contributed by atoms with Crippen molar-refractivity contribution in [2.75, 3.05) is 13.1 Å². The van der Waals surface area contributed by atoms with Crippen LogP contribution in [0.5, 0.6) is 0 Å². The highest BCUT2D eigenvalue weighted by atomic mass is 32.1. The lowest BCUT2D eigenvalue weighted by Gasteiger charge is -2.30. The summed E-state index contributed by atoms with van der Waals surface area (Å²) in [4.78, 5) is 32.5. The van der Waals surface area contributed by atoms with E-state index in [9.17, 15) is 9.59 Å². The quantitative estimate of drug-likeness (QED) is 0.556. The van der Waals surface area contributed by atoms with Crippen LogP contribution in [0.1, 0.15) is 49.3 Å². The molecule has 0 aliphatic carbocycles. The SMILES string of the molecule is CC(C)CN(CC(C)C)C(=O)[C@H](Cc1cscn1)NC(=O)c1cccc(/C=C\O)c1. The number of hydrogen-bond acceptors (Lipinski definition) is 5. The summed E-state index contributed by atoms with van der Waals surface area (Å²) in [6, 6.07) is 6.19. The van der Waals surface area contributed by atoms with Gasteiger partial charge in [-0.25, -0.2) is 4.98 Å². The average Bonchev–Trinajstić information content (AvgIpc) is 3.19. The molecule has 0 saturated heterocycles. The van der Waals surface area contributed by atoms with Gasteiger partial charge in [-0.15, -0.1) is 11.3 Å². The number of benzene rings is 1. The molecule has 2 amide bonds. The van der Waals surface area contributed by atoms with Gasteiger partial charge in [0, 0.05) is 30.5 Å². The zero-order valence-corrected chi connectivity index (χ0v) is 18.9. The summed E-state index contributed by atoms with van der Waals surface area (Å²) in [5, 5.41) is 13.8. The van der Waals surface area contributed by atoms with E-state index in [4.69, 9.17) is 5.11 Å². The Morgan fingerprint density at radius 1 is 1.20 bits per heavy atom. The summed E-state index contributed by atoms with van der Waals surface area (Å²) < 4.78 is 0. The molecule has 7 heteroatoms. The van der Waals surface area contributed by atoms with Crippen molar-refractivity contribution in [3.63, 3.8) is 0 Å². The van der Waals surface area contributed by atoms with Crippen molar-refractivity contribution in [2.24, 2.45) is 11.8 Å². The molecule has 0 bridgehead atoms. The van der Waals surface area contributed by atoms with Crippen molar-refractivity contribution < 1.29 is 14.7 Å². The second-order valence-corrected chi connectivity index (χ2v) is 8.90. The summed E-state index contributed by atoms with van der Waals surface area (Å²) in [6.07, 6.45) is 2.78. The third kappa shape index (κ3) is 7.30. The molecule has 2 N–H and O–H groups in total. The second kappa shape index (κ2) is 11.5. The van der Waals surface area contributed by atoms with E-state index in [1.807, 2.05) is 10.3 Å². The Labute approximate surface area is 182 Å². The first-order chi connectivity index (χ1) is 14.3. The fourth-order valence-corrected chi connectivity index (χ4v) is 3.79. The monoisotopic (exact) mass is 429 g/mol. The molecule has 1 aromatic heterocycles. The molecule has 1 heterocycles. The van der Waals surface area contributed by atoms with Gasteiger partial charge in [-0.2, -0.15) is 0 Å². The maximum Gasteiger partial charge on any atom is 0.251 e. The predicted octanol–water partition coefficient (Wildman–Crippen LogP) is 4.15. The van der Waals surface area contributed by atoms with E-state index in [0.717, 1.165) is 12.0 Å². The number of carbonyl (C=O) groups excluding carboxylic acids is 2. The van der Waals surface area contributed by atoms with Crippen LogP contribution >= 0.6 is 11.3 Å². The fourth-order valence-electron chi connectivity index (χ4n) is 3.22. The number of aliphatic hydroxyl groups excluding tert-OH is 1. The molecule has 0 unspecified atom stereocenters. The van der Waals surface area contributed by atoms with E-state index >= 15 is 0 Å². The molecule has 6 nitrogen and oxygen atoms in total. The van der Waals surface area contributed by atoms with Gasteiger partial charge in [0.2, 0.25) is 5.91 Å². The molecule has 0 spiro atoms. The van der Waals surface area contributed by atoms with E-state index < -0.39 is 6.04 Å². The molecular formula is C23H31N3O3S. The largest absolute Gasteiger partial charge is 0.516 e. The Balaban J connectivity index is 2.26. The fraction of sp³-hybridized carbons (Fsp3) is 0.435. The zero-order chi connectivity index (χ0) is 22.1. The molecule has 30 heavy (non-hydrogen) atoms. The summed E-state index contributed by atoms with van der Waals surface area (Å²) in [7, 11) is 0. The summed E-state index contributed by atoms with van der Waals surface area (Å²) in [5.74, 6) is 0.228. The van der Waals surface area contributed by atoms with Crippen LogP contribution in [-0.4, -0.2) is 45.9 Å². The molecule has 0 fully saturated rings. The maximum absolute atomic E-state index is 13.4. The molecule has 0 saturated carbocycles. The Kier molecular flexibility index (Phi) is 9.05. The first kappa shape index (κ1) is 23.6. The topological polar surface area (TPSA) is 82.5 Å². The van der Waals surface area contributed by atoms with Crippen molar-refractivity contribution in [3.8, 4) is 0 Å². The van der Waals surface area contributed by atoms with Gasteiger partial charge in [-0.3, -0.25) is 9.59 Å². The van der Waals surface area contributed by atoms with E-state index in [-0.39, 0.29) is 11.8 Å². The number of aromatic nitrogens is 1. The highest BCUT2D eigenvalue weighted by Crippen LogP contribution is 2.13. The number of rotatable bonds is 10. The van der Waals surface area contributed by atoms with Gasteiger partial charge in [-0.1, -0.05) is 39.8 Å². The first-order valence-corrected chi connectivity index (χ1v) is 11.1. The van der Waals surface area contributed by atoms with Crippen LogP contribution in [0.3, 0.4) is 0 Å². The van der Waals surface area contributed by atoms with Crippen LogP contribution in [0.4, 0.5) is 0 Å². The molecule has 0 aliphatic rings. The van der Waals surface area contributed by atoms with Crippen LogP contribution in [0.2, 0.25) is 0 Å². The van der Waals surface area contributed by atoms with Crippen LogP contribution in [0, 0.1) is 11.8 Å². The summed E-state index contributed by atoms with van der Waals surface area (Å²) >= 11 is 1.47. The van der Waals surface area contributed by atoms with Crippen LogP contribution in [0.15, 0.2) is 41.4 Å².